The summed E-state index contributed by atoms with van der Waals surface area (Å²) in [6, 6.07) is 15.3. The van der Waals surface area contributed by atoms with Crippen LogP contribution in [-0.4, -0.2) is 34.5 Å². The molecule has 2 aliphatic heterocycles. The second-order valence-electron chi connectivity index (χ2n) is 8.44. The highest BCUT2D eigenvalue weighted by Gasteiger charge is 2.39. The van der Waals surface area contributed by atoms with Gasteiger partial charge >= 0.3 is 0 Å². The van der Waals surface area contributed by atoms with Gasteiger partial charge in [0.25, 0.3) is 0 Å². The van der Waals surface area contributed by atoms with Crippen molar-refractivity contribution in [2.45, 2.75) is 19.3 Å². The van der Waals surface area contributed by atoms with Crippen LogP contribution in [0.4, 0.5) is 11.4 Å². The molecule has 0 bridgehead atoms. The molecule has 2 aliphatic rings. The topological polar surface area (TPSA) is 82.2 Å². The molecule has 0 saturated carbocycles. The smallest absolute Gasteiger partial charge is 0.232 e. The van der Waals surface area contributed by atoms with Gasteiger partial charge in [-0.2, -0.15) is 5.26 Å². The van der Waals surface area contributed by atoms with E-state index in [0.717, 1.165) is 24.2 Å². The number of anilines is 2. The largest absolute Gasteiger partial charge is 0.337 e. The summed E-state index contributed by atoms with van der Waals surface area (Å²) in [6.07, 6.45) is 5.48. The van der Waals surface area contributed by atoms with Crippen LogP contribution in [0, 0.1) is 17.2 Å². The molecule has 2 amide bonds. The lowest BCUT2D eigenvalue weighted by Gasteiger charge is -2.22. The molecule has 1 saturated heterocycles. The maximum Gasteiger partial charge on any atom is 0.232 e. The summed E-state index contributed by atoms with van der Waals surface area (Å²) in [5.41, 5.74) is 5.62. The minimum atomic E-state index is -0.381. The van der Waals surface area contributed by atoms with Gasteiger partial charge in [0.2, 0.25) is 11.8 Å². The van der Waals surface area contributed by atoms with Crippen molar-refractivity contribution in [2.75, 3.05) is 22.9 Å². The molecule has 160 valence electrons. The van der Waals surface area contributed by atoms with E-state index in [-0.39, 0.29) is 24.2 Å². The lowest BCUT2D eigenvalue weighted by Crippen LogP contribution is -2.36. The van der Waals surface area contributed by atoms with E-state index < -0.39 is 0 Å². The van der Waals surface area contributed by atoms with Crippen LogP contribution in [0.1, 0.15) is 28.8 Å². The number of amides is 2. The average Bonchev–Trinajstić information content (AvgIpc) is 3.52. The normalized spacial score (nSPS) is 17.5. The van der Waals surface area contributed by atoms with Crippen molar-refractivity contribution in [3.8, 4) is 6.07 Å². The van der Waals surface area contributed by atoms with Gasteiger partial charge in [-0.25, -0.2) is 4.98 Å². The minimum Gasteiger partial charge on any atom is -0.337 e. The summed E-state index contributed by atoms with van der Waals surface area (Å²) >= 11 is 0. The first-order valence-corrected chi connectivity index (χ1v) is 10.7. The Morgan fingerprint density at radius 2 is 2.12 bits per heavy atom. The molecule has 2 aromatic carbocycles. The number of carbonyl (C=O) groups excluding carboxylic acids is 2. The zero-order chi connectivity index (χ0) is 22.2. The minimum absolute atomic E-state index is 0.00424. The van der Waals surface area contributed by atoms with Crippen molar-refractivity contribution < 1.29 is 9.59 Å². The van der Waals surface area contributed by atoms with Crippen LogP contribution in [-0.2, 0) is 29.5 Å². The van der Waals surface area contributed by atoms with Crippen LogP contribution in [0.3, 0.4) is 0 Å². The Morgan fingerprint density at radius 3 is 2.91 bits per heavy atom. The van der Waals surface area contributed by atoms with Crippen molar-refractivity contribution in [3.63, 3.8) is 0 Å². The zero-order valence-electron chi connectivity index (χ0n) is 17.9. The average molecular weight is 425 g/mol. The van der Waals surface area contributed by atoms with Crippen LogP contribution in [0.25, 0.3) is 0 Å². The molecular weight excluding hydrogens is 402 g/mol. The highest BCUT2D eigenvalue weighted by atomic mass is 16.2. The van der Waals surface area contributed by atoms with Crippen molar-refractivity contribution >= 4 is 23.2 Å². The van der Waals surface area contributed by atoms with E-state index in [1.54, 1.807) is 35.5 Å². The number of nitrogens with zero attached hydrogens (tertiary/aromatic N) is 5. The second kappa shape index (κ2) is 7.97. The number of benzene rings is 2. The van der Waals surface area contributed by atoms with E-state index >= 15 is 0 Å². The Balaban J connectivity index is 1.31. The van der Waals surface area contributed by atoms with Crippen LogP contribution < -0.4 is 9.80 Å². The van der Waals surface area contributed by atoms with E-state index in [0.29, 0.717) is 24.3 Å². The number of imidazole rings is 1. The molecule has 1 fully saturated rings. The number of carbonyl (C=O) groups is 2. The summed E-state index contributed by atoms with van der Waals surface area (Å²) < 4.78 is 2.01. The van der Waals surface area contributed by atoms with E-state index in [2.05, 4.69) is 23.2 Å². The fourth-order valence-electron chi connectivity index (χ4n) is 4.64. The first kappa shape index (κ1) is 20.0. The Morgan fingerprint density at radius 1 is 1.25 bits per heavy atom. The standard InChI is InChI=1S/C25H23N5O2/c1-28-16-27-14-22(28)10-17-5-6-23-19(9-17)7-8-29(23)25(32)20-12-24(31)30(15-20)21-4-2-3-18(11-21)13-26/h2-6,9,11,14,16,20H,7-8,10,12,15H2,1H3. The molecule has 32 heavy (non-hydrogen) atoms. The van der Waals surface area contributed by atoms with E-state index in [1.807, 2.05) is 28.8 Å². The number of hydrogen-bond acceptors (Lipinski definition) is 4. The van der Waals surface area contributed by atoms with Crippen molar-refractivity contribution in [3.05, 3.63) is 77.4 Å². The predicted octanol–water partition coefficient (Wildman–Crippen LogP) is 2.82. The lowest BCUT2D eigenvalue weighted by atomic mass is 10.0. The fraction of sp³-hybridized carbons (Fsp3) is 0.280. The summed E-state index contributed by atoms with van der Waals surface area (Å²) in [4.78, 5) is 33.6. The summed E-state index contributed by atoms with van der Waals surface area (Å²) in [5.74, 6) is -0.465. The third-order valence-electron chi connectivity index (χ3n) is 6.37. The van der Waals surface area contributed by atoms with Gasteiger partial charge in [0, 0.05) is 56.2 Å². The Labute approximate surface area is 186 Å². The van der Waals surface area contributed by atoms with Gasteiger partial charge in [-0.05, 0) is 41.8 Å². The zero-order valence-corrected chi connectivity index (χ0v) is 17.9. The number of nitriles is 1. The van der Waals surface area contributed by atoms with Gasteiger partial charge in [0.15, 0.2) is 0 Å². The number of fused-ring (bicyclic) bond motifs is 1. The third-order valence-corrected chi connectivity index (χ3v) is 6.37. The molecule has 3 heterocycles. The molecule has 0 radical (unpaired) electrons. The maximum absolute atomic E-state index is 13.3. The molecule has 3 aromatic rings. The number of rotatable bonds is 4. The van der Waals surface area contributed by atoms with Crippen molar-refractivity contribution in [1.29, 1.82) is 5.26 Å². The number of hydrogen-bond donors (Lipinski definition) is 0. The monoisotopic (exact) mass is 425 g/mol. The van der Waals surface area contributed by atoms with E-state index in [9.17, 15) is 9.59 Å². The first-order chi connectivity index (χ1) is 15.5. The Kier molecular flexibility index (Phi) is 4.98. The van der Waals surface area contributed by atoms with Gasteiger partial charge in [-0.15, -0.1) is 0 Å². The SMILES string of the molecule is Cn1cncc1Cc1ccc2c(c1)CCN2C(=O)C1CC(=O)N(c2cccc(C#N)c2)C1. The van der Waals surface area contributed by atoms with Crippen LogP contribution in [0.5, 0.6) is 0 Å². The first-order valence-electron chi connectivity index (χ1n) is 10.7. The molecule has 7 nitrogen and oxygen atoms in total. The third kappa shape index (κ3) is 3.54. The molecule has 7 heteroatoms. The van der Waals surface area contributed by atoms with Gasteiger partial charge in [-0.3, -0.25) is 9.59 Å². The van der Waals surface area contributed by atoms with Crippen molar-refractivity contribution in [1.82, 2.24) is 9.55 Å². The van der Waals surface area contributed by atoms with Crippen molar-refractivity contribution in [2.24, 2.45) is 13.0 Å². The highest BCUT2D eigenvalue weighted by Crippen LogP contribution is 2.33. The molecule has 5 rings (SSSR count). The quantitative estimate of drug-likeness (QED) is 0.644. The molecule has 1 aromatic heterocycles. The summed E-state index contributed by atoms with van der Waals surface area (Å²) in [5, 5.41) is 9.13. The Bertz CT molecular complexity index is 1260. The molecule has 1 unspecified atom stereocenters. The fourth-order valence-corrected chi connectivity index (χ4v) is 4.64. The van der Waals surface area contributed by atoms with Crippen LogP contribution >= 0.6 is 0 Å². The molecular formula is C25H23N5O2. The molecule has 0 aliphatic carbocycles. The van der Waals surface area contributed by atoms with Crippen LogP contribution in [0.2, 0.25) is 0 Å². The number of aromatic nitrogens is 2. The summed E-state index contributed by atoms with van der Waals surface area (Å²) in [6.45, 7) is 0.981. The van der Waals surface area contributed by atoms with Gasteiger partial charge in [0.05, 0.1) is 23.9 Å². The van der Waals surface area contributed by atoms with E-state index in [4.69, 9.17) is 5.26 Å². The number of aryl methyl sites for hydroxylation is 1. The molecule has 1 atom stereocenters. The van der Waals surface area contributed by atoms with Gasteiger partial charge in [-0.1, -0.05) is 18.2 Å². The van der Waals surface area contributed by atoms with E-state index in [1.165, 1.54) is 11.1 Å². The highest BCUT2D eigenvalue weighted by molar-refractivity contribution is 6.05. The van der Waals surface area contributed by atoms with Crippen LogP contribution in [0.15, 0.2) is 55.0 Å². The summed E-state index contributed by atoms with van der Waals surface area (Å²) in [7, 11) is 1.98. The predicted molar refractivity (Wildman–Crippen MR) is 120 cm³/mol. The lowest BCUT2D eigenvalue weighted by molar-refractivity contribution is -0.124. The van der Waals surface area contributed by atoms with Gasteiger partial charge < -0.3 is 14.4 Å². The maximum atomic E-state index is 13.3. The van der Waals surface area contributed by atoms with Gasteiger partial charge in [0.1, 0.15) is 0 Å². The molecule has 0 spiro atoms. The molecule has 0 N–H and O–H groups in total. The second-order valence-corrected chi connectivity index (χ2v) is 8.44. The Hall–Kier alpha value is -3.92.